The number of pyridine rings is 2. The lowest BCUT2D eigenvalue weighted by molar-refractivity contribution is -0.140. The maximum absolute atomic E-state index is 12.6. The number of methoxy groups -OCH3 is 1. The zero-order valence-electron chi connectivity index (χ0n) is 21.6. The number of hydrogen-bond donors (Lipinski definition) is 1. The summed E-state index contributed by atoms with van der Waals surface area (Å²) in [5, 5.41) is 2.24. The summed E-state index contributed by atoms with van der Waals surface area (Å²) >= 11 is 0. The lowest BCUT2D eigenvalue weighted by Gasteiger charge is -2.13. The number of rotatable bonds is 8. The van der Waals surface area contributed by atoms with Crippen LogP contribution in [0.5, 0.6) is 0 Å². The highest BCUT2D eigenvalue weighted by Gasteiger charge is 2.13. The monoisotopic (exact) mass is 520 g/mol. The fraction of sp³-hybridized carbons (Fsp3) is 0.241. The predicted molar refractivity (Wildman–Crippen MR) is 141 cm³/mol. The van der Waals surface area contributed by atoms with Gasteiger partial charge in [-0.2, -0.15) is 0 Å². The smallest absolute Gasteiger partial charge is 0.305 e. The summed E-state index contributed by atoms with van der Waals surface area (Å²) in [5.74, 6) is -3.15. The van der Waals surface area contributed by atoms with E-state index in [-0.39, 0.29) is 5.97 Å². The Morgan fingerprint density at radius 1 is 1.00 bits per heavy atom. The van der Waals surface area contributed by atoms with E-state index < -0.39 is 23.1 Å². The van der Waals surface area contributed by atoms with Crippen molar-refractivity contribution in [3.05, 3.63) is 107 Å². The molecule has 4 aromatic rings. The van der Waals surface area contributed by atoms with Gasteiger partial charge in [0.15, 0.2) is 0 Å². The Hall–Kier alpha value is -4.24. The van der Waals surface area contributed by atoms with Gasteiger partial charge in [-0.1, -0.05) is 30.3 Å². The number of primary amides is 1. The van der Waals surface area contributed by atoms with Crippen LogP contribution in [0.15, 0.2) is 67.0 Å². The summed E-state index contributed by atoms with van der Waals surface area (Å²) in [7, 11) is 5.51. The molecule has 0 radical (unpaired) electrons. The quantitative estimate of drug-likeness (QED) is 0.345. The van der Waals surface area contributed by atoms with Crippen molar-refractivity contribution in [2.24, 2.45) is 5.73 Å². The Balaban J connectivity index is 0.000000304. The summed E-state index contributed by atoms with van der Waals surface area (Å²) in [4.78, 5) is 33.1. The fourth-order valence-corrected chi connectivity index (χ4v) is 3.93. The summed E-state index contributed by atoms with van der Waals surface area (Å²) in [6, 6.07) is 15.6. The van der Waals surface area contributed by atoms with E-state index in [1.165, 1.54) is 12.7 Å². The van der Waals surface area contributed by atoms with E-state index in [0.717, 1.165) is 58.9 Å². The number of ether oxygens (including phenoxy) is 1. The number of nitrogens with two attached hydrogens (primary N) is 1. The predicted octanol–water partition coefficient (Wildman–Crippen LogP) is 4.45. The number of aromatic nitrogens is 2. The van der Waals surface area contributed by atoms with Crippen LogP contribution in [-0.4, -0.2) is 47.9 Å². The third kappa shape index (κ3) is 7.88. The topological polar surface area (TPSA) is 98.4 Å². The Morgan fingerprint density at radius 3 is 2.32 bits per heavy atom. The number of esters is 1. The van der Waals surface area contributed by atoms with Gasteiger partial charge in [0.05, 0.1) is 18.5 Å². The molecule has 198 valence electrons. The molecular formula is C29H30F2N4O3. The van der Waals surface area contributed by atoms with Crippen molar-refractivity contribution in [3.8, 4) is 0 Å². The second-order valence-electron chi connectivity index (χ2n) is 8.93. The van der Waals surface area contributed by atoms with E-state index in [4.69, 9.17) is 15.5 Å². The Labute approximate surface area is 220 Å². The van der Waals surface area contributed by atoms with Gasteiger partial charge in [0.2, 0.25) is 0 Å². The molecule has 0 bridgehead atoms. The minimum Gasteiger partial charge on any atom is -0.469 e. The van der Waals surface area contributed by atoms with Crippen molar-refractivity contribution < 1.29 is 23.1 Å². The van der Waals surface area contributed by atoms with Gasteiger partial charge in [0.1, 0.15) is 17.2 Å². The highest BCUT2D eigenvalue weighted by atomic mass is 19.1. The average molecular weight is 521 g/mol. The first kappa shape index (κ1) is 28.3. The van der Waals surface area contributed by atoms with Crippen LogP contribution >= 0.6 is 0 Å². The second-order valence-corrected chi connectivity index (χ2v) is 8.93. The molecule has 0 aliphatic rings. The highest BCUT2D eigenvalue weighted by Crippen LogP contribution is 2.21. The van der Waals surface area contributed by atoms with Gasteiger partial charge in [-0.25, -0.2) is 8.78 Å². The van der Waals surface area contributed by atoms with E-state index in [0.29, 0.717) is 12.8 Å². The Bertz CT molecular complexity index is 1410. The van der Waals surface area contributed by atoms with Crippen LogP contribution in [0.1, 0.15) is 39.3 Å². The van der Waals surface area contributed by atoms with Crippen molar-refractivity contribution in [2.45, 2.75) is 25.8 Å². The number of benzene rings is 2. The zero-order chi connectivity index (χ0) is 27.7. The number of nitrogens with zero attached hydrogens (tertiary/aromatic N) is 3. The van der Waals surface area contributed by atoms with Crippen LogP contribution in [0.3, 0.4) is 0 Å². The third-order valence-electron chi connectivity index (χ3n) is 5.66. The summed E-state index contributed by atoms with van der Waals surface area (Å²) in [5.41, 5.74) is 8.40. The SMILES string of the molecule is COC(=O)CCc1cccc(Cc2nc(CN(C)C)cc3ccncc23)c1.NC(=O)c1c(F)cccc1F. The minimum atomic E-state index is -1.10. The molecular weight excluding hydrogens is 490 g/mol. The molecule has 1 amide bonds. The van der Waals surface area contributed by atoms with Crippen molar-refractivity contribution in [2.75, 3.05) is 21.2 Å². The van der Waals surface area contributed by atoms with E-state index in [1.807, 2.05) is 44.7 Å². The zero-order valence-corrected chi connectivity index (χ0v) is 21.6. The van der Waals surface area contributed by atoms with Crippen molar-refractivity contribution in [3.63, 3.8) is 0 Å². The van der Waals surface area contributed by atoms with Gasteiger partial charge in [-0.05, 0) is 61.3 Å². The summed E-state index contributed by atoms with van der Waals surface area (Å²) in [6.07, 6.45) is 5.51. The highest BCUT2D eigenvalue weighted by molar-refractivity contribution is 5.93. The normalized spacial score (nSPS) is 10.7. The number of carbonyl (C=O) groups excluding carboxylic acids is 2. The molecule has 7 nitrogen and oxygen atoms in total. The molecule has 0 spiro atoms. The average Bonchev–Trinajstić information content (AvgIpc) is 2.87. The van der Waals surface area contributed by atoms with Crippen molar-refractivity contribution in [1.29, 1.82) is 0 Å². The van der Waals surface area contributed by atoms with Gasteiger partial charge in [-0.15, -0.1) is 0 Å². The lowest BCUT2D eigenvalue weighted by Crippen LogP contribution is -2.15. The summed E-state index contributed by atoms with van der Waals surface area (Å²) in [6.45, 7) is 0.796. The number of carbonyl (C=O) groups is 2. The maximum atomic E-state index is 12.6. The van der Waals surface area contributed by atoms with Gasteiger partial charge < -0.3 is 15.4 Å². The van der Waals surface area contributed by atoms with E-state index in [9.17, 15) is 18.4 Å². The fourth-order valence-electron chi connectivity index (χ4n) is 3.93. The largest absolute Gasteiger partial charge is 0.469 e. The number of halogens is 2. The molecule has 38 heavy (non-hydrogen) atoms. The molecule has 9 heteroatoms. The number of aryl methyl sites for hydroxylation is 1. The number of fused-ring (bicyclic) bond motifs is 1. The molecule has 0 unspecified atom stereocenters. The first-order chi connectivity index (χ1) is 18.2. The summed E-state index contributed by atoms with van der Waals surface area (Å²) < 4.78 is 29.9. The number of hydrogen-bond acceptors (Lipinski definition) is 6. The lowest BCUT2D eigenvalue weighted by atomic mass is 10.0. The molecule has 2 aromatic heterocycles. The van der Waals surface area contributed by atoms with Crippen LogP contribution in [0.4, 0.5) is 8.78 Å². The molecule has 2 aromatic carbocycles. The molecule has 0 aliphatic carbocycles. The van der Waals surface area contributed by atoms with Gasteiger partial charge in [0, 0.05) is 37.2 Å². The van der Waals surface area contributed by atoms with Gasteiger partial charge in [-0.3, -0.25) is 19.6 Å². The number of amides is 1. The Kier molecular flexibility index (Phi) is 9.95. The first-order valence-corrected chi connectivity index (χ1v) is 11.9. The first-order valence-electron chi connectivity index (χ1n) is 11.9. The molecule has 0 saturated carbocycles. The second kappa shape index (κ2) is 13.3. The molecule has 0 fully saturated rings. The Morgan fingerprint density at radius 2 is 1.68 bits per heavy atom. The molecule has 0 aliphatic heterocycles. The standard InChI is InChI=1S/C22H25N3O2.C7H5F2NO/c1-25(2)15-19-13-18-9-10-23-14-20(18)21(24-19)12-17-6-4-5-16(11-17)7-8-22(26)27-3;8-4-2-1-3-5(9)6(4)7(10)11/h4-6,9-11,13-14H,7-8,12,15H2,1-3H3;1-3H,(H2,10,11). The van der Waals surface area contributed by atoms with Crippen LogP contribution in [0.25, 0.3) is 10.8 Å². The van der Waals surface area contributed by atoms with E-state index in [2.05, 4.69) is 28.1 Å². The molecule has 0 saturated heterocycles. The van der Waals surface area contributed by atoms with E-state index in [1.54, 1.807) is 0 Å². The molecule has 2 heterocycles. The van der Waals surface area contributed by atoms with Crippen LogP contribution in [-0.2, 0) is 28.9 Å². The molecule has 0 atom stereocenters. The van der Waals surface area contributed by atoms with Crippen molar-refractivity contribution >= 4 is 22.6 Å². The van der Waals surface area contributed by atoms with Crippen LogP contribution in [0, 0.1) is 11.6 Å². The minimum absolute atomic E-state index is 0.185. The van der Waals surface area contributed by atoms with Crippen LogP contribution < -0.4 is 5.73 Å². The van der Waals surface area contributed by atoms with Crippen molar-refractivity contribution in [1.82, 2.24) is 14.9 Å². The third-order valence-corrected chi connectivity index (χ3v) is 5.66. The molecule has 2 N–H and O–H groups in total. The molecule has 4 rings (SSSR count). The van der Waals surface area contributed by atoms with Gasteiger partial charge >= 0.3 is 5.97 Å². The van der Waals surface area contributed by atoms with Crippen LogP contribution in [0.2, 0.25) is 0 Å². The maximum Gasteiger partial charge on any atom is 0.305 e. The van der Waals surface area contributed by atoms with Gasteiger partial charge in [0.25, 0.3) is 5.91 Å². The van der Waals surface area contributed by atoms with E-state index >= 15 is 0 Å².